The molecule has 18 heavy (non-hydrogen) atoms. The van der Waals surface area contributed by atoms with Crippen molar-refractivity contribution in [2.24, 2.45) is 4.99 Å². The van der Waals surface area contributed by atoms with Crippen molar-refractivity contribution in [2.45, 2.75) is 19.4 Å². The first-order chi connectivity index (χ1) is 8.75. The predicted molar refractivity (Wildman–Crippen MR) is 68.3 cm³/mol. The Kier molecular flexibility index (Phi) is 1.77. The molecular weight excluding hydrogens is 228 g/mol. The summed E-state index contributed by atoms with van der Waals surface area (Å²) in [6.45, 7) is 1.38. The predicted octanol–water partition coefficient (Wildman–Crippen LogP) is 1.66. The number of ketones is 1. The van der Waals surface area contributed by atoms with Gasteiger partial charge in [0, 0.05) is 31.0 Å². The van der Waals surface area contributed by atoms with Gasteiger partial charge in [-0.2, -0.15) is 0 Å². The zero-order valence-electron chi connectivity index (χ0n) is 9.81. The normalized spacial score (nSPS) is 17.8. The van der Waals surface area contributed by atoms with E-state index in [9.17, 15) is 9.90 Å². The number of rotatable bonds is 0. The van der Waals surface area contributed by atoms with Crippen molar-refractivity contribution < 1.29 is 9.90 Å². The molecule has 0 unspecified atom stereocenters. The van der Waals surface area contributed by atoms with Crippen molar-refractivity contribution in [3.05, 3.63) is 29.5 Å². The van der Waals surface area contributed by atoms with E-state index in [-0.39, 0.29) is 11.5 Å². The summed E-state index contributed by atoms with van der Waals surface area (Å²) in [5.74, 6) is 0.416. The van der Waals surface area contributed by atoms with E-state index in [0.29, 0.717) is 25.2 Å². The number of carbonyl (C=O) groups is 1. The van der Waals surface area contributed by atoms with Crippen molar-refractivity contribution >= 4 is 22.4 Å². The zero-order chi connectivity index (χ0) is 12.3. The monoisotopic (exact) mass is 240 g/mol. The molecule has 0 fully saturated rings. The number of hydrogen-bond donors (Lipinski definition) is 1. The van der Waals surface area contributed by atoms with Crippen LogP contribution in [0.25, 0.3) is 10.9 Å². The average Bonchev–Trinajstić information content (AvgIpc) is 2.69. The third-order valence-corrected chi connectivity index (χ3v) is 3.84. The molecule has 0 aliphatic carbocycles. The first-order valence-corrected chi connectivity index (χ1v) is 6.18. The van der Waals surface area contributed by atoms with Crippen LogP contribution in [0.2, 0.25) is 0 Å². The molecule has 2 aliphatic heterocycles. The van der Waals surface area contributed by atoms with Crippen LogP contribution in [-0.4, -0.2) is 27.7 Å². The molecule has 90 valence electrons. The summed E-state index contributed by atoms with van der Waals surface area (Å²) in [7, 11) is 0. The van der Waals surface area contributed by atoms with Gasteiger partial charge < -0.3 is 9.67 Å². The lowest BCUT2D eigenvalue weighted by Crippen LogP contribution is -2.30. The number of phenols is 1. The average molecular weight is 240 g/mol. The number of Topliss-reactive ketones (excluding diaryl/α,β-unsaturated/α-hetero) is 1. The molecule has 0 saturated carbocycles. The Morgan fingerprint density at radius 1 is 1.28 bits per heavy atom. The number of hydrogen-bond acceptors (Lipinski definition) is 3. The van der Waals surface area contributed by atoms with E-state index in [1.807, 2.05) is 6.07 Å². The molecular formula is C14H12N2O2. The number of aliphatic imine (C=N–C) groups is 1. The molecule has 3 heterocycles. The smallest absolute Gasteiger partial charge is 0.184 e. The Morgan fingerprint density at radius 3 is 3.06 bits per heavy atom. The summed E-state index contributed by atoms with van der Waals surface area (Å²) in [5.41, 5.74) is 3.85. The van der Waals surface area contributed by atoms with Gasteiger partial charge in [-0.15, -0.1) is 0 Å². The van der Waals surface area contributed by atoms with Crippen LogP contribution in [0.5, 0.6) is 5.75 Å². The maximum atomic E-state index is 11.9. The number of aromatic nitrogens is 1. The molecule has 4 nitrogen and oxygen atoms in total. The lowest BCUT2D eigenvalue weighted by Gasteiger charge is -2.21. The molecule has 1 aromatic heterocycles. The molecule has 1 aromatic carbocycles. The van der Waals surface area contributed by atoms with Crippen LogP contribution in [0.15, 0.2) is 23.2 Å². The highest BCUT2D eigenvalue weighted by Gasteiger charge is 2.31. The van der Waals surface area contributed by atoms with Crippen molar-refractivity contribution in [3.8, 4) is 5.75 Å². The van der Waals surface area contributed by atoms with Gasteiger partial charge >= 0.3 is 0 Å². The Hall–Kier alpha value is -2.10. The minimum atomic E-state index is 0.149. The number of aryl methyl sites for hydroxylation is 1. The Morgan fingerprint density at radius 2 is 2.17 bits per heavy atom. The topological polar surface area (TPSA) is 54.6 Å². The van der Waals surface area contributed by atoms with Crippen LogP contribution >= 0.6 is 0 Å². The second kappa shape index (κ2) is 3.22. The van der Waals surface area contributed by atoms with Gasteiger partial charge in [0.1, 0.15) is 11.5 Å². The molecule has 1 N–H and O–H groups in total. The fraction of sp³-hybridized carbons (Fsp3) is 0.286. The first-order valence-electron chi connectivity index (χ1n) is 6.18. The van der Waals surface area contributed by atoms with Crippen LogP contribution in [0.3, 0.4) is 0 Å². The fourth-order valence-electron chi connectivity index (χ4n) is 3.07. The summed E-state index contributed by atoms with van der Waals surface area (Å²) in [6, 6.07) is 5.43. The molecule has 4 heteroatoms. The highest BCUT2D eigenvalue weighted by atomic mass is 16.3. The maximum Gasteiger partial charge on any atom is 0.184 e. The Bertz CT molecular complexity index is 725. The van der Waals surface area contributed by atoms with Gasteiger partial charge in [-0.1, -0.05) is 0 Å². The van der Waals surface area contributed by atoms with E-state index in [4.69, 9.17) is 0 Å². The van der Waals surface area contributed by atoms with Gasteiger partial charge in [-0.3, -0.25) is 9.79 Å². The van der Waals surface area contributed by atoms with Crippen LogP contribution in [0.1, 0.15) is 17.7 Å². The first kappa shape index (κ1) is 9.88. The summed E-state index contributed by atoms with van der Waals surface area (Å²) < 4.78 is 2.13. The van der Waals surface area contributed by atoms with E-state index in [1.165, 1.54) is 5.56 Å². The molecule has 0 spiro atoms. The van der Waals surface area contributed by atoms with Crippen molar-refractivity contribution in [1.82, 2.24) is 4.57 Å². The van der Waals surface area contributed by atoms with E-state index in [1.54, 1.807) is 12.1 Å². The molecule has 2 aromatic rings. The third-order valence-electron chi connectivity index (χ3n) is 3.84. The van der Waals surface area contributed by atoms with E-state index in [2.05, 4.69) is 9.56 Å². The minimum Gasteiger partial charge on any atom is -0.508 e. The lowest BCUT2D eigenvalue weighted by molar-refractivity contribution is -0.113. The van der Waals surface area contributed by atoms with Gasteiger partial charge in [0.15, 0.2) is 5.78 Å². The molecule has 0 bridgehead atoms. The van der Waals surface area contributed by atoms with Gasteiger partial charge in [0.05, 0.1) is 11.2 Å². The molecule has 0 radical (unpaired) electrons. The highest BCUT2D eigenvalue weighted by Crippen LogP contribution is 2.34. The SMILES string of the molecule is O=C1CCn2c3c(c4ccc(O)cc42)CCN=C13. The van der Waals surface area contributed by atoms with Crippen molar-refractivity contribution in [2.75, 3.05) is 6.54 Å². The second-order valence-electron chi connectivity index (χ2n) is 4.83. The summed E-state index contributed by atoms with van der Waals surface area (Å²) in [6.07, 6.45) is 1.38. The molecule has 0 saturated heterocycles. The second-order valence-corrected chi connectivity index (χ2v) is 4.83. The van der Waals surface area contributed by atoms with Crippen LogP contribution in [0.4, 0.5) is 0 Å². The van der Waals surface area contributed by atoms with Gasteiger partial charge in [-0.05, 0) is 24.1 Å². The van der Waals surface area contributed by atoms with Crippen LogP contribution in [-0.2, 0) is 17.8 Å². The van der Waals surface area contributed by atoms with Gasteiger partial charge in [-0.25, -0.2) is 0 Å². The molecule has 0 amide bonds. The Balaban J connectivity index is 2.16. The number of aromatic hydroxyl groups is 1. The van der Waals surface area contributed by atoms with Gasteiger partial charge in [0.25, 0.3) is 0 Å². The van der Waals surface area contributed by atoms with E-state index < -0.39 is 0 Å². The van der Waals surface area contributed by atoms with Crippen LogP contribution < -0.4 is 0 Å². The molecule has 4 rings (SSSR count). The number of phenolic OH excluding ortho intramolecular Hbond substituents is 1. The number of benzene rings is 1. The van der Waals surface area contributed by atoms with Crippen molar-refractivity contribution in [1.29, 1.82) is 0 Å². The summed E-state index contributed by atoms with van der Waals surface area (Å²) >= 11 is 0. The fourth-order valence-corrected chi connectivity index (χ4v) is 3.07. The number of nitrogens with zero attached hydrogens (tertiary/aromatic N) is 2. The summed E-state index contributed by atoms with van der Waals surface area (Å²) in [5, 5.41) is 10.8. The zero-order valence-corrected chi connectivity index (χ0v) is 9.81. The number of carbonyl (C=O) groups excluding carboxylic acids is 1. The standard InChI is InChI=1S/C14H12N2O2/c17-8-1-2-9-10-3-5-15-13-12(18)4-6-16(14(10)13)11(9)7-8/h1-2,7,17H,3-6H2. The third kappa shape index (κ3) is 1.10. The quantitative estimate of drug-likeness (QED) is 0.761. The minimum absolute atomic E-state index is 0.149. The van der Waals surface area contributed by atoms with E-state index in [0.717, 1.165) is 23.0 Å². The molecule has 2 aliphatic rings. The Labute approximate surface area is 104 Å². The largest absolute Gasteiger partial charge is 0.508 e. The maximum absolute atomic E-state index is 11.9. The number of fused-ring (bicyclic) bond motifs is 3. The lowest BCUT2D eigenvalue weighted by atomic mass is 9.97. The van der Waals surface area contributed by atoms with Crippen LogP contribution in [0, 0.1) is 0 Å². The van der Waals surface area contributed by atoms with Gasteiger partial charge in [0.2, 0.25) is 0 Å². The highest BCUT2D eigenvalue weighted by molar-refractivity contribution is 6.47. The van der Waals surface area contributed by atoms with E-state index >= 15 is 0 Å². The summed E-state index contributed by atoms with van der Waals surface area (Å²) in [4.78, 5) is 16.3. The molecule has 0 atom stereocenters. The van der Waals surface area contributed by atoms with Crippen molar-refractivity contribution in [3.63, 3.8) is 0 Å².